The number of amides is 3. The predicted octanol–water partition coefficient (Wildman–Crippen LogP) is 2.77. The summed E-state index contributed by atoms with van der Waals surface area (Å²) >= 11 is 0. The molecule has 0 spiro atoms. The van der Waals surface area contributed by atoms with E-state index in [1.54, 1.807) is 36.3 Å². The molecule has 1 aliphatic carbocycles. The summed E-state index contributed by atoms with van der Waals surface area (Å²) in [4.78, 5) is 41.5. The molecule has 2 fully saturated rings. The van der Waals surface area contributed by atoms with E-state index in [1.165, 1.54) is 4.90 Å². The van der Waals surface area contributed by atoms with Gasteiger partial charge in [0.15, 0.2) is 0 Å². The highest BCUT2D eigenvalue weighted by molar-refractivity contribution is 6.23. The van der Waals surface area contributed by atoms with Crippen LogP contribution in [-0.2, 0) is 20.9 Å². The van der Waals surface area contributed by atoms with E-state index in [9.17, 15) is 14.4 Å². The molecule has 1 saturated heterocycles. The molecule has 3 amide bonds. The molecule has 6 heteroatoms. The van der Waals surface area contributed by atoms with Crippen LogP contribution in [0.2, 0.25) is 0 Å². The molecule has 0 aromatic heterocycles. The largest absolute Gasteiger partial charge is 0.497 e. The fourth-order valence-corrected chi connectivity index (χ4v) is 3.55. The Labute approximate surface area is 163 Å². The van der Waals surface area contributed by atoms with E-state index in [2.05, 4.69) is 0 Å². The van der Waals surface area contributed by atoms with Crippen LogP contribution in [0.5, 0.6) is 5.75 Å². The number of hydrogen-bond donors (Lipinski definition) is 0. The molecule has 144 valence electrons. The van der Waals surface area contributed by atoms with Crippen molar-refractivity contribution in [2.45, 2.75) is 31.8 Å². The predicted molar refractivity (Wildman–Crippen MR) is 104 cm³/mol. The summed E-state index contributed by atoms with van der Waals surface area (Å²) in [5.41, 5.74) is 1.44. The fraction of sp³-hybridized carbons (Fsp3) is 0.318. The van der Waals surface area contributed by atoms with Gasteiger partial charge in [0, 0.05) is 12.5 Å². The lowest BCUT2D eigenvalue weighted by molar-refractivity contribution is -0.140. The van der Waals surface area contributed by atoms with Gasteiger partial charge in [0.2, 0.25) is 11.8 Å². The molecule has 0 bridgehead atoms. The zero-order valence-electron chi connectivity index (χ0n) is 15.7. The maximum absolute atomic E-state index is 13.1. The van der Waals surface area contributed by atoms with Gasteiger partial charge in [-0.05, 0) is 42.7 Å². The SMILES string of the molecule is COc1ccc(N2C(=O)CC(N(Cc3ccccc3)C(=O)C3CC3)C2=O)cc1. The highest BCUT2D eigenvalue weighted by Crippen LogP contribution is 2.35. The van der Waals surface area contributed by atoms with Crippen molar-refractivity contribution in [1.82, 2.24) is 4.90 Å². The Bertz CT molecular complexity index is 891. The number of rotatable bonds is 6. The molecular weight excluding hydrogens is 356 g/mol. The van der Waals surface area contributed by atoms with Crippen LogP contribution in [0, 0.1) is 5.92 Å². The third kappa shape index (κ3) is 3.50. The smallest absolute Gasteiger partial charge is 0.257 e. The van der Waals surface area contributed by atoms with Crippen molar-refractivity contribution >= 4 is 23.4 Å². The first-order valence-electron chi connectivity index (χ1n) is 9.43. The van der Waals surface area contributed by atoms with Crippen LogP contribution in [0.1, 0.15) is 24.8 Å². The van der Waals surface area contributed by atoms with Crippen molar-refractivity contribution in [3.8, 4) is 5.75 Å². The summed E-state index contributed by atoms with van der Waals surface area (Å²) in [6, 6.07) is 15.6. The Kier molecular flexibility index (Phi) is 4.86. The molecule has 1 saturated carbocycles. The maximum atomic E-state index is 13.1. The number of benzene rings is 2. The van der Waals surface area contributed by atoms with E-state index in [0.29, 0.717) is 18.0 Å². The number of nitrogens with zero attached hydrogens (tertiary/aromatic N) is 2. The van der Waals surface area contributed by atoms with E-state index in [0.717, 1.165) is 18.4 Å². The average molecular weight is 378 g/mol. The van der Waals surface area contributed by atoms with Crippen molar-refractivity contribution < 1.29 is 19.1 Å². The normalized spacial score (nSPS) is 19.0. The second kappa shape index (κ2) is 7.46. The first-order chi connectivity index (χ1) is 13.6. The number of anilines is 1. The molecule has 28 heavy (non-hydrogen) atoms. The van der Waals surface area contributed by atoms with Crippen LogP contribution in [0.15, 0.2) is 54.6 Å². The van der Waals surface area contributed by atoms with E-state index < -0.39 is 6.04 Å². The van der Waals surface area contributed by atoms with Gasteiger partial charge >= 0.3 is 0 Å². The maximum Gasteiger partial charge on any atom is 0.257 e. The molecule has 1 heterocycles. The number of carbonyl (C=O) groups excluding carboxylic acids is 3. The minimum atomic E-state index is -0.761. The van der Waals surface area contributed by atoms with Gasteiger partial charge in [-0.2, -0.15) is 0 Å². The number of hydrogen-bond acceptors (Lipinski definition) is 4. The second-order valence-corrected chi connectivity index (χ2v) is 7.21. The van der Waals surface area contributed by atoms with E-state index in [1.807, 2.05) is 30.3 Å². The molecule has 0 radical (unpaired) electrons. The monoisotopic (exact) mass is 378 g/mol. The van der Waals surface area contributed by atoms with Crippen LogP contribution in [0.25, 0.3) is 0 Å². The number of carbonyl (C=O) groups is 3. The average Bonchev–Trinajstić information content (AvgIpc) is 3.52. The molecule has 1 atom stereocenters. The van der Waals surface area contributed by atoms with Crippen molar-refractivity contribution in [3.63, 3.8) is 0 Å². The highest BCUT2D eigenvalue weighted by Gasteiger charge is 2.46. The molecule has 1 aliphatic heterocycles. The van der Waals surface area contributed by atoms with Crippen LogP contribution in [0.3, 0.4) is 0 Å². The molecular formula is C22H22N2O4. The Balaban J connectivity index is 1.60. The van der Waals surface area contributed by atoms with Gasteiger partial charge in [0.1, 0.15) is 11.8 Å². The molecule has 0 N–H and O–H groups in total. The van der Waals surface area contributed by atoms with Crippen molar-refractivity contribution in [3.05, 3.63) is 60.2 Å². The summed E-state index contributed by atoms with van der Waals surface area (Å²) in [7, 11) is 1.56. The lowest BCUT2D eigenvalue weighted by Gasteiger charge is -2.28. The van der Waals surface area contributed by atoms with Crippen molar-refractivity contribution in [2.24, 2.45) is 5.92 Å². The summed E-state index contributed by atoms with van der Waals surface area (Å²) in [6.07, 6.45) is 1.71. The minimum Gasteiger partial charge on any atom is -0.497 e. The van der Waals surface area contributed by atoms with Crippen LogP contribution >= 0.6 is 0 Å². The highest BCUT2D eigenvalue weighted by atomic mass is 16.5. The molecule has 6 nitrogen and oxygen atoms in total. The molecule has 1 unspecified atom stereocenters. The molecule has 2 aromatic rings. The van der Waals surface area contributed by atoms with E-state index >= 15 is 0 Å². The number of ether oxygens (including phenoxy) is 1. The van der Waals surface area contributed by atoms with Crippen LogP contribution < -0.4 is 9.64 Å². The third-order valence-corrected chi connectivity index (χ3v) is 5.24. The Morgan fingerprint density at radius 3 is 2.36 bits per heavy atom. The zero-order chi connectivity index (χ0) is 19.7. The van der Waals surface area contributed by atoms with Gasteiger partial charge in [-0.15, -0.1) is 0 Å². The molecule has 4 rings (SSSR count). The lowest BCUT2D eigenvalue weighted by Crippen LogP contribution is -2.45. The third-order valence-electron chi connectivity index (χ3n) is 5.24. The van der Waals surface area contributed by atoms with Gasteiger partial charge in [0.25, 0.3) is 5.91 Å². The Morgan fingerprint density at radius 2 is 1.75 bits per heavy atom. The van der Waals surface area contributed by atoms with E-state index in [-0.39, 0.29) is 30.1 Å². The van der Waals surface area contributed by atoms with Gasteiger partial charge in [0.05, 0.1) is 19.2 Å². The topological polar surface area (TPSA) is 66.9 Å². The summed E-state index contributed by atoms with van der Waals surface area (Å²) in [5.74, 6) is -0.0517. The van der Waals surface area contributed by atoms with E-state index in [4.69, 9.17) is 4.74 Å². The first-order valence-corrected chi connectivity index (χ1v) is 9.43. The standard InChI is InChI=1S/C22H22N2O4/c1-28-18-11-9-17(10-12-18)24-20(25)13-19(22(24)27)23(21(26)16-7-8-16)14-15-5-3-2-4-6-15/h2-6,9-12,16,19H,7-8,13-14H2,1H3. The van der Waals surface area contributed by atoms with Gasteiger partial charge in [-0.25, -0.2) is 4.90 Å². The van der Waals surface area contributed by atoms with Gasteiger partial charge < -0.3 is 9.64 Å². The summed E-state index contributed by atoms with van der Waals surface area (Å²) in [5, 5.41) is 0. The summed E-state index contributed by atoms with van der Waals surface area (Å²) < 4.78 is 5.13. The summed E-state index contributed by atoms with van der Waals surface area (Å²) in [6.45, 7) is 0.330. The second-order valence-electron chi connectivity index (χ2n) is 7.21. The zero-order valence-corrected chi connectivity index (χ0v) is 15.7. The number of imide groups is 1. The Hall–Kier alpha value is -3.15. The van der Waals surface area contributed by atoms with Crippen molar-refractivity contribution in [2.75, 3.05) is 12.0 Å². The molecule has 2 aromatic carbocycles. The quantitative estimate of drug-likeness (QED) is 0.725. The first kappa shape index (κ1) is 18.2. The molecule has 2 aliphatic rings. The lowest BCUT2D eigenvalue weighted by atomic mass is 10.1. The van der Waals surface area contributed by atoms with Gasteiger partial charge in [-0.3, -0.25) is 14.4 Å². The Morgan fingerprint density at radius 1 is 1.07 bits per heavy atom. The fourth-order valence-electron chi connectivity index (χ4n) is 3.55. The van der Waals surface area contributed by atoms with Gasteiger partial charge in [-0.1, -0.05) is 30.3 Å². The van der Waals surface area contributed by atoms with Crippen LogP contribution in [0.4, 0.5) is 5.69 Å². The number of methoxy groups -OCH3 is 1. The van der Waals surface area contributed by atoms with Crippen molar-refractivity contribution in [1.29, 1.82) is 0 Å². The van der Waals surface area contributed by atoms with Crippen LogP contribution in [-0.4, -0.2) is 35.8 Å². The minimum absolute atomic E-state index is 0.0101.